The molecule has 2 aliphatic rings. The smallest absolute Gasteiger partial charge is 0.367 e. The number of thiophene rings is 1. The monoisotopic (exact) mass is 773 g/mol. The van der Waals surface area contributed by atoms with Crippen LogP contribution in [0.1, 0.15) is 59.6 Å². The Balaban J connectivity index is 1.28. The van der Waals surface area contributed by atoms with Crippen LogP contribution >= 0.6 is 30.5 Å². The lowest BCUT2D eigenvalue weighted by atomic mass is 9.84. The minimum absolute atomic E-state index is 0.111. The lowest BCUT2D eigenvalue weighted by Crippen LogP contribution is -2.62. The van der Waals surface area contributed by atoms with Crippen LogP contribution in [0.5, 0.6) is 0 Å². The first kappa shape index (κ1) is 38.0. The minimum Gasteiger partial charge on any atom is -0.367 e. The summed E-state index contributed by atoms with van der Waals surface area (Å²) in [6, 6.07) is 17.4. The van der Waals surface area contributed by atoms with Crippen LogP contribution in [0.15, 0.2) is 72.8 Å². The summed E-state index contributed by atoms with van der Waals surface area (Å²) in [4.78, 5) is 64.7. The fourth-order valence-electron chi connectivity index (χ4n) is 6.75. The van der Waals surface area contributed by atoms with Gasteiger partial charge < -0.3 is 29.6 Å². The summed E-state index contributed by atoms with van der Waals surface area (Å²) in [6.45, 7) is 8.32. The van der Waals surface area contributed by atoms with Crippen LogP contribution in [0.25, 0.3) is 10.1 Å². The number of nitrogens with one attached hydrogen (secondary N) is 1. The summed E-state index contributed by atoms with van der Waals surface area (Å²) >= 11 is 7.11. The molecule has 3 aromatic carbocycles. The van der Waals surface area contributed by atoms with Crippen molar-refractivity contribution in [2.75, 3.05) is 19.7 Å². The molecule has 1 aromatic heterocycles. The molecular weight excluding hydrogens is 735 g/mol. The van der Waals surface area contributed by atoms with E-state index in [1.807, 2.05) is 43.3 Å². The first-order chi connectivity index (χ1) is 24.3. The predicted molar refractivity (Wildman–Crippen MR) is 194 cm³/mol. The fraction of sp³-hybridized carbons (Fsp3) is 0.378. The maximum atomic E-state index is 14.7. The normalized spacial score (nSPS) is 20.4. The van der Waals surface area contributed by atoms with Gasteiger partial charge in [0.15, 0.2) is 0 Å². The molecule has 2 aliphatic heterocycles. The molecule has 15 heteroatoms. The van der Waals surface area contributed by atoms with E-state index < -0.39 is 53.7 Å². The molecule has 0 aliphatic carbocycles. The Bertz CT molecular complexity index is 2080. The predicted octanol–water partition coefficient (Wildman–Crippen LogP) is 6.65. The summed E-state index contributed by atoms with van der Waals surface area (Å²) < 4.78 is 46.9. The lowest BCUT2D eigenvalue weighted by molar-refractivity contribution is -0.160. The van der Waals surface area contributed by atoms with Crippen molar-refractivity contribution in [3.63, 3.8) is 0 Å². The third kappa shape index (κ3) is 7.40. The van der Waals surface area contributed by atoms with Crippen LogP contribution in [0, 0.1) is 5.41 Å². The van der Waals surface area contributed by atoms with Gasteiger partial charge in [0.2, 0.25) is 11.8 Å². The number of halogens is 3. The molecule has 3 heterocycles. The average molecular weight is 774 g/mol. The van der Waals surface area contributed by atoms with Crippen LogP contribution in [0.4, 0.5) is 8.78 Å². The Morgan fingerprint density at radius 1 is 1.04 bits per heavy atom. The average Bonchev–Trinajstić information content (AvgIpc) is 3.52. The van der Waals surface area contributed by atoms with E-state index in [1.54, 1.807) is 37.8 Å². The topological polar surface area (TPSA) is 136 Å². The van der Waals surface area contributed by atoms with Crippen molar-refractivity contribution in [3.8, 4) is 0 Å². The first-order valence-corrected chi connectivity index (χ1v) is 19.4. The van der Waals surface area contributed by atoms with Gasteiger partial charge in [-0.15, -0.1) is 11.3 Å². The highest BCUT2D eigenvalue weighted by Crippen LogP contribution is 2.59. The maximum absolute atomic E-state index is 14.7. The van der Waals surface area contributed by atoms with Gasteiger partial charge in [-0.2, -0.15) is 8.78 Å². The Kier molecular flexibility index (Phi) is 10.2. The van der Waals surface area contributed by atoms with Gasteiger partial charge in [0.1, 0.15) is 17.7 Å². The molecular formula is C37H39ClF2N3O7PS. The molecule has 6 rings (SSSR count). The fourth-order valence-corrected chi connectivity index (χ4v) is 8.30. The quantitative estimate of drug-likeness (QED) is 0.179. The lowest BCUT2D eigenvalue weighted by Gasteiger charge is -2.45. The number of fused-ring (bicyclic) bond motifs is 2. The van der Waals surface area contributed by atoms with Crippen molar-refractivity contribution in [3.05, 3.63) is 105 Å². The SMILES string of the molecule is CC1(c2ccc(Cl)cc2)CN(C(=O)[C@@H]2Cc3ccccc3CN2C(=O)[C@@H](NC(=O)c2cc3cc(C(F)(F)P(=O)(O)O)ccc3s2)C(C)(C)C)CCO1. The van der Waals surface area contributed by atoms with Gasteiger partial charge in [0.25, 0.3) is 5.91 Å². The summed E-state index contributed by atoms with van der Waals surface area (Å²) in [5.41, 5.74) is -4.22. The molecule has 4 aromatic rings. The van der Waals surface area contributed by atoms with Gasteiger partial charge in [0.05, 0.1) is 18.0 Å². The van der Waals surface area contributed by atoms with Crippen molar-refractivity contribution in [1.29, 1.82) is 0 Å². The maximum Gasteiger partial charge on any atom is 0.399 e. The second kappa shape index (κ2) is 13.9. The molecule has 52 heavy (non-hydrogen) atoms. The van der Waals surface area contributed by atoms with E-state index in [0.717, 1.165) is 40.2 Å². The van der Waals surface area contributed by atoms with Crippen LogP contribution in [0.3, 0.4) is 0 Å². The number of nitrogens with zero attached hydrogens (tertiary/aromatic N) is 2. The number of amides is 3. The van der Waals surface area contributed by atoms with E-state index in [2.05, 4.69) is 5.32 Å². The zero-order chi connectivity index (χ0) is 37.8. The zero-order valence-electron chi connectivity index (χ0n) is 28.9. The van der Waals surface area contributed by atoms with Crippen molar-refractivity contribution in [1.82, 2.24) is 15.1 Å². The van der Waals surface area contributed by atoms with E-state index in [0.29, 0.717) is 16.3 Å². The number of alkyl halides is 2. The number of benzene rings is 3. The van der Waals surface area contributed by atoms with E-state index in [9.17, 15) is 37.5 Å². The standard InChI is InChI=1S/C37H39ClF2N3O7PS/c1-35(2,3)31(41-32(44)30-19-24-17-26(11-14-29(24)52-30)37(39,40)51(47,48)49)34(46)43-20-23-8-6-5-7-22(23)18-28(43)33(45)42-15-16-50-36(4,21-42)25-9-12-27(38)13-10-25/h5-14,17,19,28,31H,15-16,18,20-21H2,1-4H3,(H,41,44)(H2,47,48,49)/t28-,31+,36?/m0/s1. The van der Waals surface area contributed by atoms with E-state index in [4.69, 9.17) is 16.3 Å². The highest BCUT2D eigenvalue weighted by molar-refractivity contribution is 7.52. The third-order valence-electron chi connectivity index (χ3n) is 9.70. The number of morpholine rings is 1. The largest absolute Gasteiger partial charge is 0.399 e. The molecule has 0 bridgehead atoms. The van der Waals surface area contributed by atoms with Crippen LogP contribution in [0.2, 0.25) is 5.02 Å². The van der Waals surface area contributed by atoms with Gasteiger partial charge in [-0.1, -0.05) is 74.8 Å². The number of hydrogen-bond donors (Lipinski definition) is 3. The number of hydrogen-bond acceptors (Lipinski definition) is 6. The number of rotatable bonds is 7. The van der Waals surface area contributed by atoms with Crippen LogP contribution < -0.4 is 5.32 Å². The molecule has 3 N–H and O–H groups in total. The molecule has 0 saturated carbocycles. The van der Waals surface area contributed by atoms with Gasteiger partial charge in [-0.3, -0.25) is 18.9 Å². The number of carbonyl (C=O) groups is 3. The molecule has 1 saturated heterocycles. The molecule has 276 valence electrons. The van der Waals surface area contributed by atoms with E-state index >= 15 is 0 Å². The highest BCUT2D eigenvalue weighted by Gasteiger charge is 2.50. The summed E-state index contributed by atoms with van der Waals surface area (Å²) in [6.07, 6.45) is 0.276. The summed E-state index contributed by atoms with van der Waals surface area (Å²) in [7, 11) is -5.80. The zero-order valence-corrected chi connectivity index (χ0v) is 31.4. The molecule has 0 spiro atoms. The second-order valence-corrected chi connectivity index (χ2v) is 17.7. The summed E-state index contributed by atoms with van der Waals surface area (Å²) in [5, 5.41) is 3.62. The Hall–Kier alpha value is -3.71. The van der Waals surface area contributed by atoms with Gasteiger partial charge >= 0.3 is 13.3 Å². The van der Waals surface area contributed by atoms with Crippen molar-refractivity contribution in [2.24, 2.45) is 5.41 Å². The van der Waals surface area contributed by atoms with Gasteiger partial charge in [-0.05, 0) is 64.7 Å². The van der Waals surface area contributed by atoms with E-state index in [1.165, 1.54) is 17.0 Å². The third-order valence-corrected chi connectivity index (χ3v) is 12.1. The second-order valence-electron chi connectivity index (χ2n) is 14.5. The van der Waals surface area contributed by atoms with Gasteiger partial charge in [-0.25, -0.2) is 0 Å². The number of carbonyl (C=O) groups excluding carboxylic acids is 3. The first-order valence-electron chi connectivity index (χ1n) is 16.6. The molecule has 1 fully saturated rings. The molecule has 0 radical (unpaired) electrons. The van der Waals surface area contributed by atoms with Crippen LogP contribution in [-0.2, 0) is 43.1 Å². The molecule has 10 nitrogen and oxygen atoms in total. The Labute approximate surface area is 308 Å². The Morgan fingerprint density at radius 2 is 1.71 bits per heavy atom. The van der Waals surface area contributed by atoms with Crippen molar-refractivity contribution < 1.29 is 42.3 Å². The number of ether oxygens (including phenoxy) is 1. The molecule has 1 unspecified atom stereocenters. The van der Waals surface area contributed by atoms with Crippen molar-refractivity contribution >= 4 is 58.3 Å². The van der Waals surface area contributed by atoms with Gasteiger partial charge in [0, 0.05) is 34.8 Å². The Morgan fingerprint density at radius 3 is 2.37 bits per heavy atom. The van der Waals surface area contributed by atoms with Crippen LogP contribution in [-0.4, -0.2) is 69.1 Å². The molecule has 3 atom stereocenters. The minimum atomic E-state index is -5.80. The van der Waals surface area contributed by atoms with Crippen molar-refractivity contribution in [2.45, 2.75) is 64.0 Å². The van der Waals surface area contributed by atoms with E-state index in [-0.39, 0.29) is 42.3 Å². The molecule has 3 amide bonds. The highest BCUT2D eigenvalue weighted by atomic mass is 35.5. The summed E-state index contributed by atoms with van der Waals surface area (Å²) in [5.74, 6) is -1.32.